The minimum atomic E-state index is -3.45. The zero-order valence-electron chi connectivity index (χ0n) is 9.11. The van der Waals surface area contributed by atoms with Crippen LogP contribution >= 0.6 is 11.6 Å². The van der Waals surface area contributed by atoms with Gasteiger partial charge in [0.1, 0.15) is 0 Å². The predicted octanol–water partition coefficient (Wildman–Crippen LogP) is 1.34. The Morgan fingerprint density at radius 3 is 2.88 bits per heavy atom. The lowest BCUT2D eigenvalue weighted by Gasteiger charge is -2.13. The molecule has 2 N–H and O–H groups in total. The van der Waals surface area contributed by atoms with E-state index in [4.69, 9.17) is 11.6 Å². The van der Waals surface area contributed by atoms with Gasteiger partial charge in [0, 0.05) is 12.4 Å². The molecule has 0 aliphatic carbocycles. The quantitative estimate of drug-likeness (QED) is 0.731. The normalized spacial score (nSPS) is 13.9. The van der Waals surface area contributed by atoms with Crippen LogP contribution in [0.3, 0.4) is 0 Å². The number of aromatic nitrogens is 2. The monoisotopic (exact) mass is 265 g/mol. The third-order valence-corrected chi connectivity index (χ3v) is 3.99. The van der Waals surface area contributed by atoms with Crippen LogP contribution < -0.4 is 4.72 Å². The summed E-state index contributed by atoms with van der Waals surface area (Å²) in [6.45, 7) is 2.42. The summed E-state index contributed by atoms with van der Waals surface area (Å²) in [4.78, 5) is 0. The van der Waals surface area contributed by atoms with E-state index >= 15 is 0 Å². The molecule has 0 saturated heterocycles. The summed E-state index contributed by atoms with van der Waals surface area (Å²) in [5, 5.41) is 6.12. The van der Waals surface area contributed by atoms with E-state index in [1.54, 1.807) is 0 Å². The SMILES string of the molecule is CCC(CCCl)CNS(=O)(=O)c1ccn[nH]1. The van der Waals surface area contributed by atoms with Crippen LogP contribution in [0.15, 0.2) is 17.3 Å². The van der Waals surface area contributed by atoms with Crippen molar-refractivity contribution < 1.29 is 8.42 Å². The summed E-state index contributed by atoms with van der Waals surface area (Å²) in [7, 11) is -3.45. The van der Waals surface area contributed by atoms with Gasteiger partial charge in [0.15, 0.2) is 5.03 Å². The highest BCUT2D eigenvalue weighted by Crippen LogP contribution is 2.10. The van der Waals surface area contributed by atoms with Gasteiger partial charge in [-0.05, 0) is 18.4 Å². The van der Waals surface area contributed by atoms with E-state index < -0.39 is 10.0 Å². The molecule has 1 unspecified atom stereocenters. The average Bonchev–Trinajstić information content (AvgIpc) is 2.78. The largest absolute Gasteiger partial charge is 0.266 e. The first-order chi connectivity index (χ1) is 7.60. The molecule has 0 aliphatic heterocycles. The fourth-order valence-electron chi connectivity index (χ4n) is 1.30. The Bertz CT molecular complexity index is 391. The van der Waals surface area contributed by atoms with Crippen molar-refractivity contribution in [1.82, 2.24) is 14.9 Å². The molecule has 7 heteroatoms. The number of halogens is 1. The smallest absolute Gasteiger partial charge is 0.257 e. The number of hydrogen-bond donors (Lipinski definition) is 2. The van der Waals surface area contributed by atoms with Gasteiger partial charge in [0.05, 0.1) is 6.20 Å². The first-order valence-electron chi connectivity index (χ1n) is 5.15. The van der Waals surface area contributed by atoms with Gasteiger partial charge < -0.3 is 0 Å². The van der Waals surface area contributed by atoms with Crippen LogP contribution in [0.4, 0.5) is 0 Å². The lowest BCUT2D eigenvalue weighted by Crippen LogP contribution is -2.29. The maximum Gasteiger partial charge on any atom is 0.257 e. The molecule has 0 aromatic carbocycles. The maximum atomic E-state index is 11.7. The first-order valence-corrected chi connectivity index (χ1v) is 7.17. The molecule has 5 nitrogen and oxygen atoms in total. The Morgan fingerprint density at radius 1 is 1.62 bits per heavy atom. The van der Waals surface area contributed by atoms with E-state index in [1.807, 2.05) is 6.92 Å². The number of aromatic amines is 1. The molecule has 0 aliphatic rings. The molecule has 1 aromatic rings. The molecule has 0 amide bonds. The molecule has 0 saturated carbocycles. The van der Waals surface area contributed by atoms with Crippen molar-refractivity contribution in [3.63, 3.8) is 0 Å². The predicted molar refractivity (Wildman–Crippen MR) is 62.9 cm³/mol. The highest BCUT2D eigenvalue weighted by molar-refractivity contribution is 7.89. The maximum absolute atomic E-state index is 11.7. The van der Waals surface area contributed by atoms with Crippen molar-refractivity contribution >= 4 is 21.6 Å². The van der Waals surface area contributed by atoms with Crippen LogP contribution in [0.5, 0.6) is 0 Å². The van der Waals surface area contributed by atoms with Gasteiger partial charge in [0.25, 0.3) is 10.0 Å². The number of nitrogens with zero attached hydrogens (tertiary/aromatic N) is 1. The minimum Gasteiger partial charge on any atom is -0.266 e. The number of sulfonamides is 1. The van der Waals surface area contributed by atoms with Crippen molar-refractivity contribution in [3.8, 4) is 0 Å². The van der Waals surface area contributed by atoms with Gasteiger partial charge in [-0.2, -0.15) is 5.10 Å². The molecule has 1 rings (SSSR count). The van der Waals surface area contributed by atoms with Gasteiger partial charge in [0.2, 0.25) is 0 Å². The molecule has 0 fully saturated rings. The van der Waals surface area contributed by atoms with Crippen LogP contribution in [-0.4, -0.2) is 31.0 Å². The van der Waals surface area contributed by atoms with E-state index in [0.29, 0.717) is 12.4 Å². The second kappa shape index (κ2) is 6.22. The van der Waals surface area contributed by atoms with Crippen molar-refractivity contribution in [2.45, 2.75) is 24.8 Å². The molecule has 0 spiro atoms. The Balaban J connectivity index is 2.54. The summed E-state index contributed by atoms with van der Waals surface area (Å²) in [6, 6.07) is 1.42. The molecular weight excluding hydrogens is 250 g/mol. The topological polar surface area (TPSA) is 74.8 Å². The average molecular weight is 266 g/mol. The summed E-state index contributed by atoms with van der Waals surface area (Å²) >= 11 is 5.63. The lowest BCUT2D eigenvalue weighted by atomic mass is 10.0. The van der Waals surface area contributed by atoms with Crippen LogP contribution in [0.2, 0.25) is 0 Å². The van der Waals surface area contributed by atoms with Crippen LogP contribution in [0.1, 0.15) is 19.8 Å². The van der Waals surface area contributed by atoms with E-state index in [2.05, 4.69) is 14.9 Å². The van der Waals surface area contributed by atoms with Gasteiger partial charge in [-0.1, -0.05) is 13.3 Å². The van der Waals surface area contributed by atoms with Crippen LogP contribution in [-0.2, 0) is 10.0 Å². The zero-order valence-corrected chi connectivity index (χ0v) is 10.7. The van der Waals surface area contributed by atoms with Crippen LogP contribution in [0, 0.1) is 5.92 Å². The molecule has 0 bridgehead atoms. The second-order valence-corrected chi connectivity index (χ2v) is 5.64. The molecule has 1 aromatic heterocycles. The lowest BCUT2D eigenvalue weighted by molar-refractivity contribution is 0.480. The number of H-pyrrole nitrogens is 1. The molecule has 1 heterocycles. The zero-order chi connectivity index (χ0) is 12.0. The fourth-order valence-corrected chi connectivity index (χ4v) is 2.64. The number of alkyl halides is 1. The molecule has 92 valence electrons. The third kappa shape index (κ3) is 3.77. The van der Waals surface area contributed by atoms with Crippen molar-refractivity contribution in [2.24, 2.45) is 5.92 Å². The highest BCUT2D eigenvalue weighted by atomic mass is 35.5. The fraction of sp³-hybridized carbons (Fsp3) is 0.667. The first kappa shape index (κ1) is 13.5. The van der Waals surface area contributed by atoms with Gasteiger partial charge in [-0.15, -0.1) is 11.6 Å². The molecule has 1 atom stereocenters. The number of nitrogens with one attached hydrogen (secondary N) is 2. The minimum absolute atomic E-state index is 0.0910. The number of rotatable bonds is 7. The summed E-state index contributed by atoms with van der Waals surface area (Å²) in [5.41, 5.74) is 0. The van der Waals surface area contributed by atoms with Gasteiger partial charge >= 0.3 is 0 Å². The second-order valence-electron chi connectivity index (χ2n) is 3.52. The van der Waals surface area contributed by atoms with E-state index in [9.17, 15) is 8.42 Å². The Hall–Kier alpha value is -0.590. The molecule has 16 heavy (non-hydrogen) atoms. The van der Waals surface area contributed by atoms with Crippen molar-refractivity contribution in [2.75, 3.05) is 12.4 Å². The highest BCUT2D eigenvalue weighted by Gasteiger charge is 2.16. The third-order valence-electron chi connectivity index (χ3n) is 2.42. The Kier molecular flexibility index (Phi) is 5.24. The Morgan fingerprint density at radius 2 is 2.38 bits per heavy atom. The van der Waals surface area contributed by atoms with Crippen LogP contribution in [0.25, 0.3) is 0 Å². The summed E-state index contributed by atoms with van der Waals surface area (Å²) in [5.74, 6) is 0.819. The summed E-state index contributed by atoms with van der Waals surface area (Å²) in [6.07, 6.45) is 3.12. The standard InChI is InChI=1S/C9H16ClN3O2S/c1-2-8(3-5-10)7-12-16(14,15)9-4-6-11-13-9/h4,6,8,12H,2-3,5,7H2,1H3,(H,11,13). The summed E-state index contributed by atoms with van der Waals surface area (Å²) < 4.78 is 25.9. The number of hydrogen-bond acceptors (Lipinski definition) is 3. The Labute approximate surface area is 101 Å². The van der Waals surface area contributed by atoms with E-state index in [-0.39, 0.29) is 10.9 Å². The van der Waals surface area contributed by atoms with E-state index in [1.165, 1.54) is 12.3 Å². The molecule has 0 radical (unpaired) electrons. The van der Waals surface area contributed by atoms with E-state index in [0.717, 1.165) is 12.8 Å². The van der Waals surface area contributed by atoms with Gasteiger partial charge in [-0.25, -0.2) is 13.1 Å². The van der Waals surface area contributed by atoms with Crippen molar-refractivity contribution in [1.29, 1.82) is 0 Å². The van der Waals surface area contributed by atoms with Gasteiger partial charge in [-0.3, -0.25) is 5.10 Å². The molecular formula is C9H16ClN3O2S. The van der Waals surface area contributed by atoms with Crippen molar-refractivity contribution in [3.05, 3.63) is 12.3 Å².